The van der Waals surface area contributed by atoms with Crippen molar-refractivity contribution in [3.63, 3.8) is 0 Å². The van der Waals surface area contributed by atoms with Crippen LogP contribution in [-0.4, -0.2) is 12.5 Å². The van der Waals surface area contributed by atoms with E-state index in [0.717, 1.165) is 16.8 Å². The van der Waals surface area contributed by atoms with Crippen LogP contribution in [0.25, 0.3) is 0 Å². The summed E-state index contributed by atoms with van der Waals surface area (Å²) in [5, 5.41) is 6.60. The van der Waals surface area contributed by atoms with Gasteiger partial charge in [-0.15, -0.1) is 0 Å². The van der Waals surface area contributed by atoms with Gasteiger partial charge in [-0.3, -0.25) is 4.79 Å². The van der Waals surface area contributed by atoms with Crippen LogP contribution in [0.15, 0.2) is 35.0 Å². The Morgan fingerprint density at radius 3 is 2.89 bits per heavy atom. The van der Waals surface area contributed by atoms with Crippen LogP contribution in [0.1, 0.15) is 21.5 Å². The molecule has 1 aromatic heterocycles. The highest BCUT2D eigenvalue weighted by Crippen LogP contribution is 2.17. The molecule has 3 N–H and O–H groups in total. The SMILES string of the molecule is Cc1cc(C#CCN)ccc1NC(=O)c1ccsc1. The Bertz CT molecular complexity index is 636. The Hall–Kier alpha value is -2.09. The Kier molecular flexibility index (Phi) is 4.35. The topological polar surface area (TPSA) is 55.1 Å². The van der Waals surface area contributed by atoms with Crippen molar-refractivity contribution < 1.29 is 4.79 Å². The fourth-order valence-corrected chi connectivity index (χ4v) is 2.26. The maximum Gasteiger partial charge on any atom is 0.256 e. The third-order valence-electron chi connectivity index (χ3n) is 2.59. The van der Waals surface area contributed by atoms with E-state index in [1.807, 2.05) is 35.9 Å². The molecule has 0 radical (unpaired) electrons. The first kappa shape index (κ1) is 13.3. The average Bonchev–Trinajstić information content (AvgIpc) is 2.93. The van der Waals surface area contributed by atoms with Gasteiger partial charge in [0.15, 0.2) is 0 Å². The van der Waals surface area contributed by atoms with Gasteiger partial charge in [0, 0.05) is 16.6 Å². The van der Waals surface area contributed by atoms with Gasteiger partial charge in [0.05, 0.1) is 12.1 Å². The second kappa shape index (κ2) is 6.19. The predicted molar refractivity (Wildman–Crippen MR) is 79.4 cm³/mol. The van der Waals surface area contributed by atoms with Gasteiger partial charge in [-0.05, 0) is 42.1 Å². The summed E-state index contributed by atoms with van der Waals surface area (Å²) >= 11 is 1.50. The van der Waals surface area contributed by atoms with Crippen molar-refractivity contribution >= 4 is 22.9 Å². The number of amides is 1. The molecule has 0 atom stereocenters. The molecular weight excluding hydrogens is 256 g/mol. The standard InChI is InChI=1S/C15H14N2OS/c1-11-9-12(3-2-7-16)4-5-14(11)17-15(18)13-6-8-19-10-13/h4-6,8-10H,7,16H2,1H3,(H,17,18). The van der Waals surface area contributed by atoms with Crippen molar-refractivity contribution in [1.82, 2.24) is 0 Å². The lowest BCUT2D eigenvalue weighted by atomic mass is 10.1. The third kappa shape index (κ3) is 3.44. The molecule has 0 bridgehead atoms. The summed E-state index contributed by atoms with van der Waals surface area (Å²) in [4.78, 5) is 11.9. The summed E-state index contributed by atoms with van der Waals surface area (Å²) in [5.41, 5.74) is 8.69. The summed E-state index contributed by atoms with van der Waals surface area (Å²) in [5.74, 6) is 5.68. The molecule has 3 nitrogen and oxygen atoms in total. The summed E-state index contributed by atoms with van der Waals surface area (Å²) in [6, 6.07) is 7.47. The Balaban J connectivity index is 2.15. The van der Waals surface area contributed by atoms with Crippen molar-refractivity contribution in [3.05, 3.63) is 51.7 Å². The zero-order chi connectivity index (χ0) is 13.7. The predicted octanol–water partition coefficient (Wildman–Crippen LogP) is 2.62. The first-order valence-corrected chi connectivity index (χ1v) is 6.78. The van der Waals surface area contributed by atoms with Crippen LogP contribution in [0.5, 0.6) is 0 Å². The number of hydrogen-bond donors (Lipinski definition) is 2. The van der Waals surface area contributed by atoms with Gasteiger partial charge in [0.25, 0.3) is 5.91 Å². The number of anilines is 1. The van der Waals surface area contributed by atoms with E-state index in [0.29, 0.717) is 12.1 Å². The lowest BCUT2D eigenvalue weighted by molar-refractivity contribution is 0.102. The molecule has 96 valence electrons. The molecule has 2 aromatic rings. The molecule has 0 saturated heterocycles. The molecule has 1 heterocycles. The van der Waals surface area contributed by atoms with E-state index >= 15 is 0 Å². The molecule has 0 unspecified atom stereocenters. The van der Waals surface area contributed by atoms with Crippen molar-refractivity contribution in [2.24, 2.45) is 5.73 Å². The number of carbonyl (C=O) groups is 1. The molecule has 2 rings (SSSR count). The fourth-order valence-electron chi connectivity index (χ4n) is 1.62. The van der Waals surface area contributed by atoms with Crippen LogP contribution < -0.4 is 11.1 Å². The van der Waals surface area contributed by atoms with Gasteiger partial charge < -0.3 is 11.1 Å². The van der Waals surface area contributed by atoms with Crippen LogP contribution in [0.2, 0.25) is 0 Å². The molecule has 1 amide bonds. The Morgan fingerprint density at radius 2 is 2.26 bits per heavy atom. The van der Waals surface area contributed by atoms with E-state index in [-0.39, 0.29) is 5.91 Å². The molecule has 0 aliphatic heterocycles. The maximum atomic E-state index is 11.9. The molecule has 0 fully saturated rings. The molecule has 19 heavy (non-hydrogen) atoms. The first-order valence-electron chi connectivity index (χ1n) is 5.84. The quantitative estimate of drug-likeness (QED) is 0.824. The lowest BCUT2D eigenvalue weighted by Crippen LogP contribution is -2.11. The number of thiophene rings is 1. The van der Waals surface area contributed by atoms with E-state index in [9.17, 15) is 4.79 Å². The van der Waals surface area contributed by atoms with Gasteiger partial charge in [-0.25, -0.2) is 0 Å². The first-order chi connectivity index (χ1) is 9.20. The second-order valence-electron chi connectivity index (χ2n) is 4.00. The van der Waals surface area contributed by atoms with E-state index in [1.165, 1.54) is 11.3 Å². The summed E-state index contributed by atoms with van der Waals surface area (Å²) in [6.45, 7) is 2.28. The molecule has 0 aliphatic carbocycles. The summed E-state index contributed by atoms with van der Waals surface area (Å²) in [7, 11) is 0. The van der Waals surface area contributed by atoms with E-state index in [1.54, 1.807) is 6.07 Å². The van der Waals surface area contributed by atoms with Gasteiger partial charge in [-0.2, -0.15) is 11.3 Å². The Labute approximate surface area is 116 Å². The average molecular weight is 270 g/mol. The minimum atomic E-state index is -0.0925. The van der Waals surface area contributed by atoms with Crippen molar-refractivity contribution in [2.75, 3.05) is 11.9 Å². The monoisotopic (exact) mass is 270 g/mol. The highest BCUT2D eigenvalue weighted by Gasteiger charge is 2.07. The number of carbonyl (C=O) groups excluding carboxylic acids is 1. The van der Waals surface area contributed by atoms with Crippen LogP contribution >= 0.6 is 11.3 Å². The molecule has 4 heteroatoms. The molecule has 0 spiro atoms. The van der Waals surface area contributed by atoms with Crippen LogP contribution in [0.3, 0.4) is 0 Å². The van der Waals surface area contributed by atoms with Gasteiger partial charge in [0.2, 0.25) is 0 Å². The highest BCUT2D eigenvalue weighted by molar-refractivity contribution is 7.08. The highest BCUT2D eigenvalue weighted by atomic mass is 32.1. The third-order valence-corrected chi connectivity index (χ3v) is 3.28. The van der Waals surface area contributed by atoms with Gasteiger partial charge in [-0.1, -0.05) is 11.8 Å². The smallest absolute Gasteiger partial charge is 0.256 e. The van der Waals surface area contributed by atoms with Gasteiger partial charge in [0.1, 0.15) is 0 Å². The van der Waals surface area contributed by atoms with Crippen molar-refractivity contribution in [3.8, 4) is 11.8 Å². The number of nitrogens with one attached hydrogen (secondary N) is 1. The number of hydrogen-bond acceptors (Lipinski definition) is 3. The molecular formula is C15H14N2OS. The molecule has 0 saturated carbocycles. The minimum absolute atomic E-state index is 0.0925. The number of aryl methyl sites for hydroxylation is 1. The van der Waals surface area contributed by atoms with Crippen molar-refractivity contribution in [1.29, 1.82) is 0 Å². The molecule has 0 aliphatic rings. The zero-order valence-corrected chi connectivity index (χ0v) is 11.4. The van der Waals surface area contributed by atoms with Crippen LogP contribution in [0, 0.1) is 18.8 Å². The second-order valence-corrected chi connectivity index (χ2v) is 4.78. The maximum absolute atomic E-state index is 11.9. The number of benzene rings is 1. The van der Waals surface area contributed by atoms with Crippen molar-refractivity contribution in [2.45, 2.75) is 6.92 Å². The van der Waals surface area contributed by atoms with Crippen LogP contribution in [-0.2, 0) is 0 Å². The van der Waals surface area contributed by atoms with Gasteiger partial charge >= 0.3 is 0 Å². The normalized spacial score (nSPS) is 9.58. The van der Waals surface area contributed by atoms with E-state index < -0.39 is 0 Å². The lowest BCUT2D eigenvalue weighted by Gasteiger charge is -2.07. The Morgan fingerprint density at radius 1 is 1.42 bits per heavy atom. The fraction of sp³-hybridized carbons (Fsp3) is 0.133. The van der Waals surface area contributed by atoms with E-state index in [4.69, 9.17) is 5.73 Å². The summed E-state index contributed by atoms with van der Waals surface area (Å²) < 4.78 is 0. The molecule has 1 aromatic carbocycles. The zero-order valence-electron chi connectivity index (χ0n) is 10.6. The van der Waals surface area contributed by atoms with E-state index in [2.05, 4.69) is 17.2 Å². The summed E-state index contributed by atoms with van der Waals surface area (Å²) in [6.07, 6.45) is 0. The minimum Gasteiger partial charge on any atom is -0.322 e. The number of nitrogens with two attached hydrogens (primary N) is 1. The number of rotatable bonds is 2. The van der Waals surface area contributed by atoms with Crippen LogP contribution in [0.4, 0.5) is 5.69 Å². The largest absolute Gasteiger partial charge is 0.322 e.